The lowest BCUT2D eigenvalue weighted by atomic mass is 10.0. The highest BCUT2D eigenvalue weighted by molar-refractivity contribution is 5.95. The van der Waals surface area contributed by atoms with Gasteiger partial charge < -0.3 is 23.7 Å². The maximum absolute atomic E-state index is 12.4. The van der Waals surface area contributed by atoms with Gasteiger partial charge in [0.05, 0.1) is 21.3 Å². The van der Waals surface area contributed by atoms with Crippen LogP contribution in [0.2, 0.25) is 0 Å². The molecule has 2 aromatic rings. The lowest BCUT2D eigenvalue weighted by Crippen LogP contribution is -2.19. The van der Waals surface area contributed by atoms with Crippen LogP contribution in [0.15, 0.2) is 35.4 Å². The SMILES string of the molecule is COc1cc(C(=O)N/N=C/C(C)Cc2ccc3c(c2)OCO3)cc(OC)c1OC. The van der Waals surface area contributed by atoms with E-state index < -0.39 is 0 Å². The summed E-state index contributed by atoms with van der Waals surface area (Å²) in [6.07, 6.45) is 2.45. The molecule has 1 aliphatic heterocycles. The van der Waals surface area contributed by atoms with E-state index in [1.165, 1.54) is 21.3 Å². The van der Waals surface area contributed by atoms with Crippen LogP contribution in [0.1, 0.15) is 22.8 Å². The van der Waals surface area contributed by atoms with Crippen LogP contribution in [0.3, 0.4) is 0 Å². The molecule has 1 heterocycles. The van der Waals surface area contributed by atoms with Crippen molar-refractivity contribution >= 4 is 12.1 Å². The van der Waals surface area contributed by atoms with Crippen LogP contribution in [0.5, 0.6) is 28.7 Å². The summed E-state index contributed by atoms with van der Waals surface area (Å²) in [6, 6.07) is 8.99. The number of nitrogens with one attached hydrogen (secondary N) is 1. The normalized spacial score (nSPS) is 13.2. The molecule has 0 spiro atoms. The number of nitrogens with zero attached hydrogens (tertiary/aromatic N) is 1. The summed E-state index contributed by atoms with van der Waals surface area (Å²) in [7, 11) is 4.50. The number of hydrogen-bond acceptors (Lipinski definition) is 7. The number of hydrazone groups is 1. The molecular weight excluding hydrogens is 376 g/mol. The first-order valence-corrected chi connectivity index (χ1v) is 9.07. The van der Waals surface area contributed by atoms with E-state index in [1.54, 1.807) is 18.3 Å². The standard InChI is InChI=1S/C21H24N2O6/c1-13(7-14-5-6-16-17(8-14)29-12-28-16)11-22-23-21(24)15-9-18(25-2)20(27-4)19(10-15)26-3/h5-6,8-11,13H,7,12H2,1-4H3,(H,23,24)/b22-11+. The van der Waals surface area contributed by atoms with E-state index in [-0.39, 0.29) is 18.6 Å². The van der Waals surface area contributed by atoms with Crippen molar-refractivity contribution < 1.29 is 28.5 Å². The van der Waals surface area contributed by atoms with E-state index in [0.29, 0.717) is 22.8 Å². The molecule has 0 radical (unpaired) electrons. The van der Waals surface area contributed by atoms with Gasteiger partial charge in [-0.2, -0.15) is 5.10 Å². The van der Waals surface area contributed by atoms with E-state index in [4.69, 9.17) is 23.7 Å². The number of ether oxygens (including phenoxy) is 5. The van der Waals surface area contributed by atoms with Crippen molar-refractivity contribution in [3.63, 3.8) is 0 Å². The Morgan fingerprint density at radius 1 is 1.10 bits per heavy atom. The zero-order valence-electron chi connectivity index (χ0n) is 16.9. The van der Waals surface area contributed by atoms with Crippen molar-refractivity contribution in [2.45, 2.75) is 13.3 Å². The number of amides is 1. The van der Waals surface area contributed by atoms with Crippen molar-refractivity contribution in [2.75, 3.05) is 28.1 Å². The molecular formula is C21H24N2O6. The molecule has 1 N–H and O–H groups in total. The summed E-state index contributed by atoms with van der Waals surface area (Å²) >= 11 is 0. The first-order valence-electron chi connectivity index (χ1n) is 9.07. The van der Waals surface area contributed by atoms with E-state index in [1.807, 2.05) is 25.1 Å². The summed E-state index contributed by atoms with van der Waals surface area (Å²) in [6.45, 7) is 2.27. The minimum Gasteiger partial charge on any atom is -0.493 e. The summed E-state index contributed by atoms with van der Waals surface area (Å²) in [5, 5.41) is 4.08. The number of benzene rings is 2. The molecule has 8 heteroatoms. The maximum Gasteiger partial charge on any atom is 0.271 e. The average molecular weight is 400 g/mol. The molecule has 0 fully saturated rings. The summed E-state index contributed by atoms with van der Waals surface area (Å²) in [4.78, 5) is 12.4. The van der Waals surface area contributed by atoms with Gasteiger partial charge in [-0.15, -0.1) is 0 Å². The highest BCUT2D eigenvalue weighted by Crippen LogP contribution is 2.38. The molecule has 0 bridgehead atoms. The number of carbonyl (C=O) groups excluding carboxylic acids is 1. The van der Waals surface area contributed by atoms with Gasteiger partial charge >= 0.3 is 0 Å². The number of methoxy groups -OCH3 is 3. The fraction of sp³-hybridized carbons (Fsp3) is 0.333. The Bertz CT molecular complexity index is 887. The van der Waals surface area contributed by atoms with E-state index in [0.717, 1.165) is 23.5 Å². The van der Waals surface area contributed by atoms with Gasteiger partial charge in [-0.05, 0) is 42.2 Å². The Balaban J connectivity index is 1.61. The van der Waals surface area contributed by atoms with Gasteiger partial charge in [0.25, 0.3) is 5.91 Å². The first-order chi connectivity index (χ1) is 14.0. The molecule has 29 heavy (non-hydrogen) atoms. The number of fused-ring (bicyclic) bond motifs is 1. The molecule has 3 rings (SSSR count). The second kappa shape index (κ2) is 9.18. The van der Waals surface area contributed by atoms with Crippen LogP contribution < -0.4 is 29.1 Å². The Morgan fingerprint density at radius 3 is 2.45 bits per heavy atom. The molecule has 8 nitrogen and oxygen atoms in total. The molecule has 1 aliphatic rings. The van der Waals surface area contributed by atoms with Crippen LogP contribution in [-0.2, 0) is 6.42 Å². The third-order valence-corrected chi connectivity index (χ3v) is 4.42. The second-order valence-corrected chi connectivity index (χ2v) is 6.50. The van der Waals surface area contributed by atoms with Crippen LogP contribution in [0, 0.1) is 5.92 Å². The molecule has 0 aliphatic carbocycles. The van der Waals surface area contributed by atoms with E-state index >= 15 is 0 Å². The minimum atomic E-state index is -0.379. The molecule has 1 amide bonds. The van der Waals surface area contributed by atoms with Crippen molar-refractivity contribution in [1.82, 2.24) is 5.43 Å². The third kappa shape index (κ3) is 4.71. The number of rotatable bonds is 8. The Kier molecular flexibility index (Phi) is 6.43. The quantitative estimate of drug-likeness (QED) is 0.541. The highest BCUT2D eigenvalue weighted by atomic mass is 16.7. The van der Waals surface area contributed by atoms with Crippen LogP contribution in [0.25, 0.3) is 0 Å². The Hall–Kier alpha value is -3.42. The Morgan fingerprint density at radius 2 is 1.79 bits per heavy atom. The smallest absolute Gasteiger partial charge is 0.271 e. The van der Waals surface area contributed by atoms with Gasteiger partial charge in [0.1, 0.15) is 0 Å². The minimum absolute atomic E-state index is 0.107. The molecule has 2 aromatic carbocycles. The van der Waals surface area contributed by atoms with Crippen molar-refractivity contribution in [3.05, 3.63) is 41.5 Å². The molecule has 154 valence electrons. The predicted molar refractivity (Wildman–Crippen MR) is 107 cm³/mol. The average Bonchev–Trinajstić information content (AvgIpc) is 3.20. The topological polar surface area (TPSA) is 87.6 Å². The number of hydrogen-bond donors (Lipinski definition) is 1. The summed E-state index contributed by atoms with van der Waals surface area (Å²) in [5.74, 6) is 2.46. The lowest BCUT2D eigenvalue weighted by molar-refractivity contribution is 0.0954. The fourth-order valence-electron chi connectivity index (χ4n) is 2.99. The van der Waals surface area contributed by atoms with Gasteiger partial charge in [0.15, 0.2) is 23.0 Å². The first kappa shape index (κ1) is 20.3. The highest BCUT2D eigenvalue weighted by Gasteiger charge is 2.17. The van der Waals surface area contributed by atoms with E-state index in [9.17, 15) is 4.79 Å². The number of carbonyl (C=O) groups is 1. The summed E-state index contributed by atoms with van der Waals surface area (Å²) < 4.78 is 26.5. The monoisotopic (exact) mass is 400 g/mol. The Labute approximate surface area is 169 Å². The molecule has 0 aromatic heterocycles. The van der Waals surface area contributed by atoms with Gasteiger partial charge in [0, 0.05) is 11.8 Å². The zero-order valence-corrected chi connectivity index (χ0v) is 16.9. The molecule has 0 saturated carbocycles. The fourth-order valence-corrected chi connectivity index (χ4v) is 2.99. The summed E-state index contributed by atoms with van der Waals surface area (Å²) in [5.41, 5.74) is 3.98. The van der Waals surface area contributed by atoms with Crippen molar-refractivity contribution in [1.29, 1.82) is 0 Å². The van der Waals surface area contributed by atoms with Crippen molar-refractivity contribution in [3.8, 4) is 28.7 Å². The lowest BCUT2D eigenvalue weighted by Gasteiger charge is -2.13. The maximum atomic E-state index is 12.4. The van der Waals surface area contributed by atoms with Crippen LogP contribution >= 0.6 is 0 Å². The van der Waals surface area contributed by atoms with E-state index in [2.05, 4.69) is 10.5 Å². The third-order valence-electron chi connectivity index (χ3n) is 4.42. The van der Waals surface area contributed by atoms with Crippen LogP contribution in [0.4, 0.5) is 0 Å². The van der Waals surface area contributed by atoms with Crippen LogP contribution in [-0.4, -0.2) is 40.2 Å². The zero-order chi connectivity index (χ0) is 20.8. The van der Waals surface area contributed by atoms with Gasteiger partial charge in [0.2, 0.25) is 12.5 Å². The molecule has 1 atom stereocenters. The van der Waals surface area contributed by atoms with Gasteiger partial charge in [-0.25, -0.2) is 5.43 Å². The largest absolute Gasteiger partial charge is 0.493 e. The van der Waals surface area contributed by atoms with Crippen molar-refractivity contribution in [2.24, 2.45) is 11.0 Å². The predicted octanol–water partition coefficient (Wildman–Crippen LogP) is 3.04. The van der Waals surface area contributed by atoms with Gasteiger partial charge in [-0.1, -0.05) is 13.0 Å². The molecule has 1 unspecified atom stereocenters. The van der Waals surface area contributed by atoms with Gasteiger partial charge in [-0.3, -0.25) is 4.79 Å². The molecule has 0 saturated heterocycles. The second-order valence-electron chi connectivity index (χ2n) is 6.50.